The molecule has 7 nitrogen and oxygen atoms in total. The third kappa shape index (κ3) is 16.5. The van der Waals surface area contributed by atoms with Gasteiger partial charge in [0.15, 0.2) is 0 Å². The third-order valence-electron chi connectivity index (χ3n) is 6.97. The van der Waals surface area contributed by atoms with E-state index in [0.29, 0.717) is 29.9 Å². The van der Waals surface area contributed by atoms with Crippen LogP contribution in [0.4, 0.5) is 21.9 Å². The molecule has 0 bridgehead atoms. The van der Waals surface area contributed by atoms with Gasteiger partial charge in [0.1, 0.15) is 6.61 Å². The summed E-state index contributed by atoms with van der Waals surface area (Å²) in [5, 5.41) is 8.59. The third-order valence-corrected chi connectivity index (χ3v) is 6.97. The standard InChI is InChI=1S/C34H51N3O4/c1-3-5-7-9-11-13-18-22-32(38)35-29-24-30(36-33(39)23-19-14-12-10-8-6-4-2)26-31(25-29)37-34(40)41-27-28-20-16-15-17-21-28/h15-17,20-21,24-26H,3-14,18-19,22-23,27H2,1-2H3,(H,35,38)(H,36,39)(H,37,40). The number of amides is 3. The fourth-order valence-corrected chi connectivity index (χ4v) is 4.65. The first-order valence-corrected chi connectivity index (χ1v) is 15.7. The van der Waals surface area contributed by atoms with Gasteiger partial charge in [0.25, 0.3) is 0 Å². The molecule has 2 aromatic rings. The van der Waals surface area contributed by atoms with Gasteiger partial charge >= 0.3 is 6.09 Å². The zero-order valence-corrected chi connectivity index (χ0v) is 25.3. The lowest BCUT2D eigenvalue weighted by Gasteiger charge is -2.13. The van der Waals surface area contributed by atoms with Crippen molar-refractivity contribution in [3.8, 4) is 0 Å². The van der Waals surface area contributed by atoms with Gasteiger partial charge in [0.05, 0.1) is 0 Å². The summed E-state index contributed by atoms with van der Waals surface area (Å²) in [6, 6.07) is 14.5. The van der Waals surface area contributed by atoms with E-state index in [2.05, 4.69) is 29.8 Å². The minimum Gasteiger partial charge on any atom is -0.444 e. The molecule has 0 aliphatic carbocycles. The van der Waals surface area contributed by atoms with Gasteiger partial charge in [-0.1, -0.05) is 121 Å². The number of anilines is 3. The predicted molar refractivity (Wildman–Crippen MR) is 169 cm³/mol. The van der Waals surface area contributed by atoms with E-state index < -0.39 is 6.09 Å². The first-order valence-electron chi connectivity index (χ1n) is 15.7. The lowest BCUT2D eigenvalue weighted by Crippen LogP contribution is -2.16. The van der Waals surface area contributed by atoms with Crippen molar-refractivity contribution in [3.63, 3.8) is 0 Å². The van der Waals surface area contributed by atoms with Crippen LogP contribution in [0.15, 0.2) is 48.5 Å². The molecule has 3 N–H and O–H groups in total. The molecule has 0 aromatic heterocycles. The van der Waals surface area contributed by atoms with E-state index in [1.807, 2.05) is 30.3 Å². The number of benzene rings is 2. The SMILES string of the molecule is CCCCCCCCCC(=O)Nc1cc(NC(=O)CCCCCCCCC)cc(NC(=O)OCc2ccccc2)c1. The minimum absolute atomic E-state index is 0.0808. The van der Waals surface area contributed by atoms with E-state index in [9.17, 15) is 14.4 Å². The van der Waals surface area contributed by atoms with Crippen molar-refractivity contribution in [3.05, 3.63) is 54.1 Å². The van der Waals surface area contributed by atoms with Gasteiger partial charge in [-0.15, -0.1) is 0 Å². The Morgan fingerprint density at radius 1 is 0.561 bits per heavy atom. The molecule has 0 spiro atoms. The van der Waals surface area contributed by atoms with Crippen LogP contribution in [-0.4, -0.2) is 17.9 Å². The Balaban J connectivity index is 1.92. The van der Waals surface area contributed by atoms with Gasteiger partial charge in [0.2, 0.25) is 11.8 Å². The van der Waals surface area contributed by atoms with Crippen molar-refractivity contribution < 1.29 is 19.1 Å². The molecule has 7 heteroatoms. The van der Waals surface area contributed by atoms with Crippen LogP contribution in [0, 0.1) is 0 Å². The molecule has 0 atom stereocenters. The molecule has 0 aliphatic heterocycles. The molecular weight excluding hydrogens is 514 g/mol. The largest absolute Gasteiger partial charge is 0.444 e. The molecule has 0 fully saturated rings. The summed E-state index contributed by atoms with van der Waals surface area (Å²) in [6.07, 6.45) is 16.2. The van der Waals surface area contributed by atoms with Gasteiger partial charge in [-0.3, -0.25) is 14.9 Å². The summed E-state index contributed by atoms with van der Waals surface area (Å²) in [7, 11) is 0. The van der Waals surface area contributed by atoms with Crippen LogP contribution in [0.2, 0.25) is 0 Å². The maximum atomic E-state index is 12.6. The fourth-order valence-electron chi connectivity index (χ4n) is 4.65. The molecular formula is C34H51N3O4. The van der Waals surface area contributed by atoms with Gasteiger partial charge in [0, 0.05) is 29.9 Å². The van der Waals surface area contributed by atoms with Crippen molar-refractivity contribution >= 4 is 35.0 Å². The monoisotopic (exact) mass is 565 g/mol. The summed E-state index contributed by atoms with van der Waals surface area (Å²) in [4.78, 5) is 37.7. The molecule has 0 saturated heterocycles. The number of ether oxygens (including phenoxy) is 1. The number of carbonyl (C=O) groups is 3. The van der Waals surface area contributed by atoms with Crippen LogP contribution in [0.25, 0.3) is 0 Å². The zero-order valence-electron chi connectivity index (χ0n) is 25.3. The molecule has 0 unspecified atom stereocenters. The van der Waals surface area contributed by atoms with Crippen molar-refractivity contribution in [1.29, 1.82) is 0 Å². The molecule has 3 amide bonds. The van der Waals surface area contributed by atoms with Crippen molar-refractivity contribution in [1.82, 2.24) is 0 Å². The summed E-state index contributed by atoms with van der Waals surface area (Å²) < 4.78 is 5.35. The van der Waals surface area contributed by atoms with E-state index in [4.69, 9.17) is 4.74 Å². The van der Waals surface area contributed by atoms with Gasteiger partial charge in [-0.2, -0.15) is 0 Å². The molecule has 0 aliphatic rings. The Bertz CT molecular complexity index is 976. The molecule has 0 saturated carbocycles. The number of carbonyl (C=O) groups excluding carboxylic acids is 3. The number of rotatable bonds is 21. The summed E-state index contributed by atoms with van der Waals surface area (Å²) in [6.45, 7) is 4.55. The first kappa shape index (κ1) is 33.9. The van der Waals surface area contributed by atoms with E-state index in [1.54, 1.807) is 18.2 Å². The lowest BCUT2D eigenvalue weighted by molar-refractivity contribution is -0.117. The number of nitrogens with one attached hydrogen (secondary N) is 3. The molecule has 2 rings (SSSR count). The lowest BCUT2D eigenvalue weighted by atomic mass is 10.1. The Morgan fingerprint density at radius 2 is 0.976 bits per heavy atom. The van der Waals surface area contributed by atoms with Crippen LogP contribution >= 0.6 is 0 Å². The second-order valence-electron chi connectivity index (χ2n) is 10.8. The topological polar surface area (TPSA) is 96.5 Å². The van der Waals surface area contributed by atoms with Crippen LogP contribution in [0.3, 0.4) is 0 Å². The van der Waals surface area contributed by atoms with E-state index in [0.717, 1.165) is 44.1 Å². The van der Waals surface area contributed by atoms with E-state index in [1.165, 1.54) is 51.4 Å². The maximum Gasteiger partial charge on any atom is 0.411 e. The first-order chi connectivity index (χ1) is 20.0. The van der Waals surface area contributed by atoms with Crippen molar-refractivity contribution in [2.75, 3.05) is 16.0 Å². The normalized spacial score (nSPS) is 10.7. The Labute approximate surface area is 247 Å². The van der Waals surface area contributed by atoms with Gasteiger partial charge in [-0.25, -0.2) is 4.79 Å². The van der Waals surface area contributed by atoms with Crippen molar-refractivity contribution in [2.24, 2.45) is 0 Å². The second kappa shape index (κ2) is 21.4. The minimum atomic E-state index is -0.610. The number of hydrogen-bond acceptors (Lipinski definition) is 4. The molecule has 0 heterocycles. The highest BCUT2D eigenvalue weighted by Crippen LogP contribution is 2.24. The van der Waals surface area contributed by atoms with Gasteiger partial charge in [-0.05, 0) is 36.6 Å². The Hall–Kier alpha value is -3.35. The summed E-state index contributed by atoms with van der Waals surface area (Å²) >= 11 is 0. The average Bonchev–Trinajstić information content (AvgIpc) is 2.95. The summed E-state index contributed by atoms with van der Waals surface area (Å²) in [5.41, 5.74) is 2.35. The van der Waals surface area contributed by atoms with Crippen LogP contribution in [0.5, 0.6) is 0 Å². The van der Waals surface area contributed by atoms with Crippen molar-refractivity contribution in [2.45, 2.75) is 123 Å². The highest BCUT2D eigenvalue weighted by molar-refractivity contribution is 5.96. The molecule has 2 aromatic carbocycles. The quantitative estimate of drug-likeness (QED) is 0.131. The highest BCUT2D eigenvalue weighted by Gasteiger charge is 2.11. The van der Waals surface area contributed by atoms with E-state index >= 15 is 0 Å². The molecule has 0 radical (unpaired) electrons. The van der Waals surface area contributed by atoms with Crippen LogP contribution < -0.4 is 16.0 Å². The maximum absolute atomic E-state index is 12.6. The fraction of sp³-hybridized carbons (Fsp3) is 0.559. The van der Waals surface area contributed by atoms with Crippen LogP contribution in [-0.2, 0) is 20.9 Å². The molecule has 41 heavy (non-hydrogen) atoms. The number of hydrogen-bond donors (Lipinski definition) is 3. The second-order valence-corrected chi connectivity index (χ2v) is 10.8. The molecule has 226 valence electrons. The smallest absolute Gasteiger partial charge is 0.411 e. The van der Waals surface area contributed by atoms with Gasteiger partial charge < -0.3 is 15.4 Å². The predicted octanol–water partition coefficient (Wildman–Crippen LogP) is 9.59. The van der Waals surface area contributed by atoms with Crippen LogP contribution in [0.1, 0.15) is 122 Å². The average molecular weight is 566 g/mol. The Kier molecular flexibility index (Phi) is 17.7. The number of unbranched alkanes of at least 4 members (excludes halogenated alkanes) is 12. The Morgan fingerprint density at radius 3 is 1.44 bits per heavy atom. The highest BCUT2D eigenvalue weighted by atomic mass is 16.5. The zero-order chi connectivity index (χ0) is 29.5. The summed E-state index contributed by atoms with van der Waals surface area (Å²) in [5.74, 6) is -0.162. The van der Waals surface area contributed by atoms with E-state index in [-0.39, 0.29) is 18.4 Å².